The van der Waals surface area contributed by atoms with E-state index in [0.29, 0.717) is 6.61 Å². The third kappa shape index (κ3) is 9.60. The molecule has 1 aromatic carbocycles. The smallest absolute Gasteiger partial charge is 0.407 e. The van der Waals surface area contributed by atoms with Gasteiger partial charge in [0.25, 0.3) is 0 Å². The molecule has 0 fully saturated rings. The van der Waals surface area contributed by atoms with Gasteiger partial charge in [-0.1, -0.05) is 78.8 Å². The van der Waals surface area contributed by atoms with Crippen LogP contribution in [0.3, 0.4) is 0 Å². The number of carbonyl (C=O) groups excluding carboxylic acids is 1. The van der Waals surface area contributed by atoms with E-state index in [-0.39, 0.29) is 47.3 Å². The summed E-state index contributed by atoms with van der Waals surface area (Å²) in [6.45, 7) is 26.8. The minimum Gasteiger partial charge on any atom is -0.445 e. The summed E-state index contributed by atoms with van der Waals surface area (Å²) in [5, 5.41) is 13.7. The number of nitrogens with one attached hydrogen (secondary N) is 1. The molecule has 6 nitrogen and oxygen atoms in total. The van der Waals surface area contributed by atoms with Crippen LogP contribution >= 0.6 is 0 Å². The Morgan fingerprint density at radius 3 is 1.94 bits per heavy atom. The number of benzene rings is 1. The maximum atomic E-state index is 12.9. The zero-order chi connectivity index (χ0) is 27.9. The van der Waals surface area contributed by atoms with E-state index >= 15 is 0 Å². The molecule has 1 amide bonds. The average molecular weight is 540 g/mol. The number of aliphatic hydroxyl groups excluding tert-OH is 1. The molecular weight excluding hydrogens is 486 g/mol. The maximum Gasteiger partial charge on any atom is 0.407 e. The fourth-order valence-electron chi connectivity index (χ4n) is 3.51. The van der Waals surface area contributed by atoms with E-state index in [4.69, 9.17) is 13.6 Å². The van der Waals surface area contributed by atoms with Crippen molar-refractivity contribution in [3.63, 3.8) is 0 Å². The summed E-state index contributed by atoms with van der Waals surface area (Å²) < 4.78 is 18.7. The van der Waals surface area contributed by atoms with Gasteiger partial charge in [-0.2, -0.15) is 0 Å². The predicted octanol–water partition coefficient (Wildman–Crippen LogP) is 6.96. The normalized spacial score (nSPS) is 16.7. The van der Waals surface area contributed by atoms with Crippen molar-refractivity contribution in [2.24, 2.45) is 11.8 Å². The Morgan fingerprint density at radius 1 is 0.944 bits per heavy atom. The number of amides is 1. The molecule has 1 aromatic rings. The van der Waals surface area contributed by atoms with E-state index < -0.39 is 22.7 Å². The molecule has 0 aliphatic heterocycles. The van der Waals surface area contributed by atoms with Crippen molar-refractivity contribution < 1.29 is 23.5 Å². The first kappa shape index (κ1) is 32.8. The van der Waals surface area contributed by atoms with E-state index in [9.17, 15) is 9.90 Å². The molecule has 0 saturated heterocycles. The fourth-order valence-corrected chi connectivity index (χ4v) is 6.09. The second-order valence-electron chi connectivity index (χ2n) is 13.2. The molecule has 0 radical (unpaired) electrons. The van der Waals surface area contributed by atoms with Crippen LogP contribution < -0.4 is 5.32 Å². The van der Waals surface area contributed by atoms with Crippen molar-refractivity contribution >= 4 is 22.7 Å². The van der Waals surface area contributed by atoms with Crippen molar-refractivity contribution in [1.82, 2.24) is 5.32 Å². The summed E-state index contributed by atoms with van der Waals surface area (Å²) >= 11 is 0. The zero-order valence-electron chi connectivity index (χ0n) is 24.9. The average Bonchev–Trinajstić information content (AvgIpc) is 2.74. The van der Waals surface area contributed by atoms with Gasteiger partial charge in [-0.3, -0.25) is 0 Å². The number of hydrogen-bond acceptors (Lipinski definition) is 5. The lowest BCUT2D eigenvalue weighted by atomic mass is 9.87. The van der Waals surface area contributed by atoms with Crippen molar-refractivity contribution in [3.05, 3.63) is 35.9 Å². The monoisotopic (exact) mass is 539 g/mol. The molecule has 0 unspecified atom stereocenters. The van der Waals surface area contributed by atoms with Crippen LogP contribution in [0.1, 0.15) is 61.0 Å². The molecule has 0 saturated carbocycles. The lowest BCUT2D eigenvalue weighted by molar-refractivity contribution is 0.0378. The van der Waals surface area contributed by atoms with Gasteiger partial charge in [-0.25, -0.2) is 4.79 Å². The maximum absolute atomic E-state index is 12.9. The molecule has 36 heavy (non-hydrogen) atoms. The van der Waals surface area contributed by atoms with E-state index in [1.165, 1.54) is 0 Å². The fraction of sp³-hybridized carbons (Fsp3) is 0.750. The Hall–Kier alpha value is -1.20. The quantitative estimate of drug-likeness (QED) is 0.281. The Morgan fingerprint density at radius 2 is 1.47 bits per heavy atom. The van der Waals surface area contributed by atoms with E-state index in [0.717, 1.165) is 5.56 Å². The SMILES string of the molecule is C[C@@H](CO[Si](C)(C)C(C)(C)C)[C@@H](NC(=O)OCc1ccccc1)[C@H](CO)[C@@H](C)O[Si](C)(C)C(C)(C)C. The largest absolute Gasteiger partial charge is 0.445 e. The zero-order valence-corrected chi connectivity index (χ0v) is 26.9. The topological polar surface area (TPSA) is 77.0 Å². The van der Waals surface area contributed by atoms with Gasteiger partial charge >= 0.3 is 6.09 Å². The van der Waals surface area contributed by atoms with Crippen LogP contribution in [0, 0.1) is 11.8 Å². The van der Waals surface area contributed by atoms with Crippen LogP contribution in [0.5, 0.6) is 0 Å². The van der Waals surface area contributed by atoms with Gasteiger partial charge < -0.3 is 24.0 Å². The Kier molecular flexibility index (Phi) is 11.9. The highest BCUT2D eigenvalue weighted by Gasteiger charge is 2.43. The number of aliphatic hydroxyl groups is 1. The van der Waals surface area contributed by atoms with Crippen LogP contribution in [0.2, 0.25) is 36.3 Å². The van der Waals surface area contributed by atoms with Gasteiger partial charge in [0.15, 0.2) is 16.6 Å². The Bertz CT molecular complexity index is 802. The van der Waals surface area contributed by atoms with Gasteiger partial charge in [0.2, 0.25) is 0 Å². The molecule has 0 heterocycles. The van der Waals surface area contributed by atoms with Crippen LogP contribution in [0.4, 0.5) is 4.79 Å². The molecule has 208 valence electrons. The molecule has 0 bridgehead atoms. The molecular formula is C28H53NO5Si2. The van der Waals surface area contributed by atoms with Crippen LogP contribution in [0.15, 0.2) is 30.3 Å². The highest BCUT2D eigenvalue weighted by molar-refractivity contribution is 6.74. The molecule has 0 aliphatic rings. The number of alkyl carbamates (subject to hydrolysis) is 1. The van der Waals surface area contributed by atoms with Gasteiger partial charge in [0, 0.05) is 24.7 Å². The first-order valence-electron chi connectivity index (χ1n) is 13.2. The first-order valence-corrected chi connectivity index (χ1v) is 19.0. The van der Waals surface area contributed by atoms with Crippen LogP contribution in [-0.2, 0) is 20.2 Å². The predicted molar refractivity (Wildman–Crippen MR) is 154 cm³/mol. The van der Waals surface area contributed by atoms with Gasteiger partial charge in [0.05, 0.1) is 6.61 Å². The van der Waals surface area contributed by atoms with Gasteiger partial charge in [-0.15, -0.1) is 0 Å². The number of carbonyl (C=O) groups is 1. The lowest BCUT2D eigenvalue weighted by Crippen LogP contribution is -2.54. The molecule has 2 N–H and O–H groups in total. The molecule has 1 rings (SSSR count). The van der Waals surface area contributed by atoms with Crippen molar-refractivity contribution in [1.29, 1.82) is 0 Å². The summed E-state index contributed by atoms with van der Waals surface area (Å²) in [5.74, 6) is -0.354. The summed E-state index contributed by atoms with van der Waals surface area (Å²) in [7, 11) is -4.06. The molecule has 4 atom stereocenters. The summed E-state index contributed by atoms with van der Waals surface area (Å²) in [6, 6.07) is 9.24. The Balaban J connectivity index is 3.10. The van der Waals surface area contributed by atoms with E-state index in [2.05, 4.69) is 80.0 Å². The van der Waals surface area contributed by atoms with Crippen molar-refractivity contribution in [2.75, 3.05) is 13.2 Å². The second-order valence-corrected chi connectivity index (χ2v) is 22.8. The van der Waals surface area contributed by atoms with Crippen LogP contribution in [0.25, 0.3) is 0 Å². The van der Waals surface area contributed by atoms with E-state index in [1.54, 1.807) is 0 Å². The highest BCUT2D eigenvalue weighted by atomic mass is 28.4. The third-order valence-electron chi connectivity index (χ3n) is 8.19. The number of hydrogen-bond donors (Lipinski definition) is 2. The molecule has 0 aliphatic carbocycles. The third-order valence-corrected chi connectivity index (χ3v) is 17.3. The Labute approximate surface area is 222 Å². The lowest BCUT2D eigenvalue weighted by Gasteiger charge is -2.43. The molecule has 0 spiro atoms. The van der Waals surface area contributed by atoms with Gasteiger partial charge in [-0.05, 0) is 54.7 Å². The first-order chi connectivity index (χ1) is 16.3. The summed E-state index contributed by atoms with van der Waals surface area (Å²) in [4.78, 5) is 12.9. The standard InChI is InChI=1S/C28H53NO5Si2/c1-21(19-33-35(9,10)27(3,4)5)25(29-26(31)32-20-23-16-14-13-15-17-23)24(18-30)22(2)34-36(11,12)28(6,7)8/h13-17,21-22,24-25,30H,18-20H2,1-12H3,(H,29,31)/t21-,22+,24+,25+/m0/s1. The minimum absolute atomic E-state index is 0.0376. The van der Waals surface area contributed by atoms with Gasteiger partial charge in [0.1, 0.15) is 6.61 Å². The van der Waals surface area contributed by atoms with E-state index in [1.807, 2.05) is 37.3 Å². The molecule has 8 heteroatoms. The molecule has 0 aromatic heterocycles. The van der Waals surface area contributed by atoms with Crippen molar-refractivity contribution in [3.8, 4) is 0 Å². The highest BCUT2D eigenvalue weighted by Crippen LogP contribution is 2.39. The van der Waals surface area contributed by atoms with Crippen LogP contribution in [-0.4, -0.2) is 53.2 Å². The van der Waals surface area contributed by atoms with Crippen molar-refractivity contribution in [2.45, 2.75) is 110 Å². The summed E-state index contributed by atoms with van der Waals surface area (Å²) in [5.41, 5.74) is 0.923. The summed E-state index contributed by atoms with van der Waals surface area (Å²) in [6.07, 6.45) is -0.744. The minimum atomic E-state index is -2.08. The number of ether oxygens (including phenoxy) is 1. The second kappa shape index (κ2) is 13.0. The number of rotatable bonds is 12.